The Morgan fingerprint density at radius 3 is 2.75 bits per heavy atom. The Morgan fingerprint density at radius 1 is 1.42 bits per heavy atom. The van der Waals surface area contributed by atoms with Crippen LogP contribution in [0.3, 0.4) is 0 Å². The van der Waals surface area contributed by atoms with Gasteiger partial charge in [0.1, 0.15) is 5.75 Å². The molecule has 0 radical (unpaired) electrons. The molecule has 0 saturated carbocycles. The van der Waals surface area contributed by atoms with E-state index in [2.05, 4.69) is 17.1 Å². The van der Waals surface area contributed by atoms with Gasteiger partial charge in [-0.3, -0.25) is 4.79 Å². The van der Waals surface area contributed by atoms with Crippen LogP contribution in [0.25, 0.3) is 0 Å². The largest absolute Gasteiger partial charge is 0.496 e. The Balaban J connectivity index is 1.85. The summed E-state index contributed by atoms with van der Waals surface area (Å²) >= 11 is 6.03. The van der Waals surface area contributed by atoms with E-state index in [1.807, 2.05) is 0 Å². The lowest BCUT2D eigenvalue weighted by Crippen LogP contribution is -2.39. The predicted octanol–water partition coefficient (Wildman–Crippen LogP) is 3.17. The van der Waals surface area contributed by atoms with Crippen molar-refractivity contribution in [2.75, 3.05) is 39.0 Å². The number of ether oxygens (including phenoxy) is 1. The highest BCUT2D eigenvalue weighted by atomic mass is 35.5. The van der Waals surface area contributed by atoms with Crippen LogP contribution in [0.15, 0.2) is 12.1 Å². The van der Waals surface area contributed by atoms with Crippen LogP contribution in [0.4, 0.5) is 5.69 Å². The number of carbonyl (C=O) groups excluding carboxylic acids is 1. The lowest BCUT2D eigenvalue weighted by molar-refractivity contribution is 0.0933. The fraction of sp³-hybridized carbons (Fsp3) is 0.611. The minimum atomic E-state index is -0.165. The predicted molar refractivity (Wildman–Crippen MR) is 98.8 cm³/mol. The summed E-state index contributed by atoms with van der Waals surface area (Å²) in [5.74, 6) is 0.813. The van der Waals surface area contributed by atoms with Gasteiger partial charge in [-0.15, -0.1) is 0 Å². The number of nitrogens with zero attached hydrogens (tertiary/aromatic N) is 1. The summed E-state index contributed by atoms with van der Waals surface area (Å²) < 4.78 is 5.24. The minimum absolute atomic E-state index is 0.165. The summed E-state index contributed by atoms with van der Waals surface area (Å²) in [7, 11) is 1.52. The Hall–Kier alpha value is -1.46. The van der Waals surface area contributed by atoms with Crippen LogP contribution in [0, 0.1) is 5.92 Å². The van der Waals surface area contributed by atoms with Crippen molar-refractivity contribution in [1.29, 1.82) is 0 Å². The highest BCUT2D eigenvalue weighted by Crippen LogP contribution is 2.28. The van der Waals surface area contributed by atoms with Crippen molar-refractivity contribution in [3.05, 3.63) is 22.7 Å². The average molecular weight is 354 g/mol. The van der Waals surface area contributed by atoms with E-state index in [4.69, 9.17) is 22.1 Å². The van der Waals surface area contributed by atoms with Crippen LogP contribution in [0.1, 0.15) is 43.0 Å². The third kappa shape index (κ3) is 5.02. The molecule has 5 nitrogen and oxygen atoms in total. The highest BCUT2D eigenvalue weighted by Gasteiger charge is 2.21. The highest BCUT2D eigenvalue weighted by molar-refractivity contribution is 6.33. The standard InChI is InChI=1S/C18H28ClN3O2/c1-3-4-7-22-8-5-13(6-9-22)12-21-18(23)14-10-15(19)16(20)11-17(14)24-2/h10-11,13H,3-9,12,20H2,1-2H3,(H,21,23). The number of rotatable bonds is 7. The molecule has 0 bridgehead atoms. The number of amides is 1. The maximum atomic E-state index is 12.4. The molecule has 6 heteroatoms. The van der Waals surface area contributed by atoms with Gasteiger partial charge in [-0.1, -0.05) is 24.9 Å². The van der Waals surface area contributed by atoms with E-state index in [0.717, 1.165) is 25.9 Å². The van der Waals surface area contributed by atoms with Crippen LogP contribution >= 0.6 is 11.6 Å². The molecule has 0 aromatic heterocycles. The Morgan fingerprint density at radius 2 is 2.12 bits per heavy atom. The molecule has 1 amide bonds. The van der Waals surface area contributed by atoms with Crippen molar-refractivity contribution in [1.82, 2.24) is 10.2 Å². The van der Waals surface area contributed by atoms with E-state index < -0.39 is 0 Å². The van der Waals surface area contributed by atoms with Crippen LogP contribution in [-0.4, -0.2) is 44.1 Å². The molecule has 0 unspecified atom stereocenters. The van der Waals surface area contributed by atoms with E-state index in [1.54, 1.807) is 12.1 Å². The first-order valence-electron chi connectivity index (χ1n) is 8.68. The molecule has 0 spiro atoms. The molecule has 1 aliphatic rings. The van der Waals surface area contributed by atoms with Gasteiger partial charge in [0, 0.05) is 12.6 Å². The molecular weight excluding hydrogens is 326 g/mol. The first-order chi connectivity index (χ1) is 11.5. The molecule has 2 rings (SSSR count). The van der Waals surface area contributed by atoms with Gasteiger partial charge in [0.05, 0.1) is 23.4 Å². The number of hydrogen-bond acceptors (Lipinski definition) is 4. The van der Waals surface area contributed by atoms with E-state index in [0.29, 0.717) is 34.5 Å². The molecule has 1 fully saturated rings. The number of carbonyl (C=O) groups is 1. The Bertz CT molecular complexity index is 557. The van der Waals surface area contributed by atoms with Gasteiger partial charge >= 0.3 is 0 Å². The number of nitrogens with two attached hydrogens (primary N) is 1. The molecule has 24 heavy (non-hydrogen) atoms. The normalized spacial score (nSPS) is 16.1. The smallest absolute Gasteiger partial charge is 0.255 e. The van der Waals surface area contributed by atoms with Crippen LogP contribution in [0.5, 0.6) is 5.75 Å². The monoisotopic (exact) mass is 353 g/mol. The summed E-state index contributed by atoms with van der Waals surface area (Å²) in [5.41, 5.74) is 6.59. The second kappa shape index (κ2) is 9.14. The minimum Gasteiger partial charge on any atom is -0.496 e. The van der Waals surface area contributed by atoms with Gasteiger partial charge in [0.25, 0.3) is 5.91 Å². The van der Waals surface area contributed by atoms with Crippen molar-refractivity contribution in [3.8, 4) is 5.75 Å². The molecular formula is C18H28ClN3O2. The lowest BCUT2D eigenvalue weighted by atomic mass is 9.96. The second-order valence-corrected chi connectivity index (χ2v) is 6.83. The van der Waals surface area contributed by atoms with Crippen molar-refractivity contribution in [2.24, 2.45) is 5.92 Å². The maximum Gasteiger partial charge on any atom is 0.255 e. The van der Waals surface area contributed by atoms with E-state index in [-0.39, 0.29) is 5.91 Å². The fourth-order valence-electron chi connectivity index (χ4n) is 3.04. The van der Waals surface area contributed by atoms with Crippen molar-refractivity contribution >= 4 is 23.2 Å². The number of nitrogens with one attached hydrogen (secondary N) is 1. The van der Waals surface area contributed by atoms with Gasteiger partial charge in [0.15, 0.2) is 0 Å². The summed E-state index contributed by atoms with van der Waals surface area (Å²) in [6.07, 6.45) is 4.76. The number of anilines is 1. The molecule has 1 saturated heterocycles. The maximum absolute atomic E-state index is 12.4. The number of halogens is 1. The zero-order valence-corrected chi connectivity index (χ0v) is 15.4. The fourth-order valence-corrected chi connectivity index (χ4v) is 3.21. The lowest BCUT2D eigenvalue weighted by Gasteiger charge is -2.32. The van der Waals surface area contributed by atoms with E-state index in [1.165, 1.54) is 26.5 Å². The van der Waals surface area contributed by atoms with Crippen LogP contribution < -0.4 is 15.8 Å². The van der Waals surface area contributed by atoms with Crippen LogP contribution in [0.2, 0.25) is 5.02 Å². The molecule has 1 aromatic rings. The van der Waals surface area contributed by atoms with Gasteiger partial charge in [-0.05, 0) is 50.9 Å². The van der Waals surface area contributed by atoms with Crippen molar-refractivity contribution < 1.29 is 9.53 Å². The van der Waals surface area contributed by atoms with E-state index in [9.17, 15) is 4.79 Å². The first kappa shape index (κ1) is 18.9. The summed E-state index contributed by atoms with van der Waals surface area (Å²) in [5, 5.41) is 3.38. The van der Waals surface area contributed by atoms with Crippen LogP contribution in [-0.2, 0) is 0 Å². The second-order valence-electron chi connectivity index (χ2n) is 6.42. The number of piperidine rings is 1. The average Bonchev–Trinajstić information content (AvgIpc) is 2.60. The molecule has 1 heterocycles. The third-order valence-corrected chi connectivity index (χ3v) is 4.98. The molecule has 0 aliphatic carbocycles. The van der Waals surface area contributed by atoms with Gasteiger partial charge in [0.2, 0.25) is 0 Å². The number of unbranched alkanes of at least 4 members (excludes halogenated alkanes) is 1. The molecule has 0 atom stereocenters. The van der Waals surface area contributed by atoms with Gasteiger partial charge < -0.3 is 20.7 Å². The first-order valence-corrected chi connectivity index (χ1v) is 9.06. The SMILES string of the molecule is CCCCN1CCC(CNC(=O)c2cc(Cl)c(N)cc2OC)CC1. The van der Waals surface area contributed by atoms with E-state index >= 15 is 0 Å². The zero-order valence-electron chi connectivity index (χ0n) is 14.6. The molecule has 1 aromatic carbocycles. The number of nitrogen functional groups attached to an aromatic ring is 1. The summed E-state index contributed by atoms with van der Waals surface area (Å²) in [4.78, 5) is 15.0. The molecule has 1 aliphatic heterocycles. The Kier molecular flexibility index (Phi) is 7.18. The van der Waals surface area contributed by atoms with Gasteiger partial charge in [-0.2, -0.15) is 0 Å². The number of likely N-dealkylation sites (tertiary alicyclic amines) is 1. The molecule has 3 N–H and O–H groups in total. The Labute approximate surface area is 149 Å². The zero-order chi connectivity index (χ0) is 17.5. The number of methoxy groups -OCH3 is 1. The van der Waals surface area contributed by atoms with Gasteiger partial charge in [-0.25, -0.2) is 0 Å². The van der Waals surface area contributed by atoms with Crippen molar-refractivity contribution in [2.45, 2.75) is 32.6 Å². The number of benzene rings is 1. The summed E-state index contributed by atoms with van der Waals surface area (Å²) in [6.45, 7) is 6.34. The third-order valence-electron chi connectivity index (χ3n) is 4.65. The topological polar surface area (TPSA) is 67.6 Å². The quantitative estimate of drug-likeness (QED) is 0.739. The number of hydrogen-bond donors (Lipinski definition) is 2. The molecule has 134 valence electrons. The van der Waals surface area contributed by atoms with Crippen molar-refractivity contribution in [3.63, 3.8) is 0 Å². The summed E-state index contributed by atoms with van der Waals surface area (Å²) in [6, 6.07) is 3.15.